The van der Waals surface area contributed by atoms with E-state index in [1.54, 1.807) is 6.20 Å². The first-order valence-electron chi connectivity index (χ1n) is 9.88. The molecule has 1 aromatic carbocycles. The van der Waals surface area contributed by atoms with Crippen LogP contribution >= 0.6 is 7.60 Å². The number of hydrogen-bond acceptors (Lipinski definition) is 6. The van der Waals surface area contributed by atoms with Gasteiger partial charge in [0, 0.05) is 23.5 Å². The Hall–Kier alpha value is -2.87. The molecule has 2 aromatic heterocycles. The Morgan fingerprint density at radius 1 is 1.26 bits per heavy atom. The molecular formula is C21H26N3O6P. The van der Waals surface area contributed by atoms with Gasteiger partial charge in [0.2, 0.25) is 0 Å². The standard InChI is InChI=1S/C21H26N3O6P/c1-13(2)10-17(24-20(25)18-8-5-9-29-18)21(26)30-31(27,28)19(22)11-14-12-23-16-7-4-3-6-15(14)16/h3-9,12-13,17,19,23H,10-11,22H2,1-2H3,(H,24,25)(H,27,28)/t17-,19+/m0/s1. The predicted molar refractivity (Wildman–Crippen MR) is 115 cm³/mol. The summed E-state index contributed by atoms with van der Waals surface area (Å²) in [5.74, 6) is -2.94. The largest absolute Gasteiger partial charge is 0.459 e. The monoisotopic (exact) mass is 447 g/mol. The molecule has 3 rings (SSSR count). The second kappa shape index (κ2) is 9.51. The number of furan rings is 1. The third-order valence-electron chi connectivity index (χ3n) is 4.79. The van der Waals surface area contributed by atoms with E-state index in [1.165, 1.54) is 18.4 Å². The van der Waals surface area contributed by atoms with Gasteiger partial charge in [0.1, 0.15) is 11.8 Å². The highest BCUT2D eigenvalue weighted by molar-refractivity contribution is 7.54. The Labute approximate surface area is 179 Å². The number of carbonyl (C=O) groups excluding carboxylic acids is 2. The van der Waals surface area contributed by atoms with Gasteiger partial charge in [-0.05, 0) is 36.1 Å². The molecule has 0 fully saturated rings. The fourth-order valence-electron chi connectivity index (χ4n) is 3.22. The van der Waals surface area contributed by atoms with Gasteiger partial charge < -0.3 is 29.9 Å². The van der Waals surface area contributed by atoms with E-state index < -0.39 is 31.3 Å². The molecule has 3 atom stereocenters. The normalized spacial score (nSPS) is 15.4. The zero-order chi connectivity index (χ0) is 22.6. The van der Waals surface area contributed by atoms with Gasteiger partial charge in [0.05, 0.1) is 6.26 Å². The number of fused-ring (bicyclic) bond motifs is 1. The van der Waals surface area contributed by atoms with Gasteiger partial charge in [0.15, 0.2) is 5.76 Å². The van der Waals surface area contributed by atoms with Gasteiger partial charge in [-0.1, -0.05) is 32.0 Å². The van der Waals surface area contributed by atoms with Crippen LogP contribution in [0.4, 0.5) is 0 Å². The van der Waals surface area contributed by atoms with Gasteiger partial charge in [0.25, 0.3) is 5.91 Å². The molecule has 0 aliphatic carbocycles. The molecule has 1 amide bonds. The number of aromatic amines is 1. The molecule has 1 unspecified atom stereocenters. The van der Waals surface area contributed by atoms with Gasteiger partial charge in [-0.25, -0.2) is 9.36 Å². The first kappa shape index (κ1) is 22.8. The van der Waals surface area contributed by atoms with Crippen LogP contribution in [0.2, 0.25) is 0 Å². The number of nitrogens with one attached hydrogen (secondary N) is 2. The maximum absolute atomic E-state index is 12.7. The van der Waals surface area contributed by atoms with Crippen LogP contribution in [-0.4, -0.2) is 33.6 Å². The number of hydrogen-bond donors (Lipinski definition) is 4. The van der Waals surface area contributed by atoms with Crippen LogP contribution in [0.25, 0.3) is 10.9 Å². The van der Waals surface area contributed by atoms with Crippen LogP contribution in [0.5, 0.6) is 0 Å². The summed E-state index contributed by atoms with van der Waals surface area (Å²) in [6, 6.07) is 9.32. The van der Waals surface area contributed by atoms with Crippen LogP contribution in [0, 0.1) is 5.92 Å². The third kappa shape index (κ3) is 5.64. The van der Waals surface area contributed by atoms with Crippen molar-refractivity contribution in [3.63, 3.8) is 0 Å². The number of aromatic nitrogens is 1. The molecular weight excluding hydrogens is 421 g/mol. The molecule has 0 saturated carbocycles. The molecule has 0 saturated heterocycles. The van der Waals surface area contributed by atoms with Crippen LogP contribution in [0.3, 0.4) is 0 Å². The number of H-pyrrole nitrogens is 1. The molecule has 9 nitrogen and oxygen atoms in total. The molecule has 3 aromatic rings. The highest BCUT2D eigenvalue weighted by Crippen LogP contribution is 2.47. The molecule has 0 radical (unpaired) electrons. The van der Waals surface area contributed by atoms with Crippen LogP contribution in [-0.2, 0) is 20.3 Å². The van der Waals surface area contributed by atoms with Crippen molar-refractivity contribution < 1.29 is 28.0 Å². The van der Waals surface area contributed by atoms with Crippen molar-refractivity contribution in [3.05, 3.63) is 60.2 Å². The van der Waals surface area contributed by atoms with Gasteiger partial charge in [-0.3, -0.25) is 4.79 Å². The first-order valence-corrected chi connectivity index (χ1v) is 11.5. The van der Waals surface area contributed by atoms with Crippen molar-refractivity contribution in [1.82, 2.24) is 10.3 Å². The molecule has 0 aliphatic heterocycles. The fraction of sp³-hybridized carbons (Fsp3) is 0.333. The maximum atomic E-state index is 12.7. The molecule has 2 heterocycles. The Morgan fingerprint density at radius 2 is 2.00 bits per heavy atom. The second-order valence-electron chi connectivity index (χ2n) is 7.74. The second-order valence-corrected chi connectivity index (χ2v) is 9.71. The number of benzene rings is 1. The summed E-state index contributed by atoms with van der Waals surface area (Å²) in [5.41, 5.74) is 7.56. The van der Waals surface area contributed by atoms with Crippen molar-refractivity contribution in [2.45, 2.75) is 38.5 Å². The van der Waals surface area contributed by atoms with Gasteiger partial charge in [-0.15, -0.1) is 0 Å². The maximum Gasteiger partial charge on any atom is 0.395 e. The van der Waals surface area contributed by atoms with Crippen molar-refractivity contribution in [1.29, 1.82) is 0 Å². The SMILES string of the molecule is CC(C)C[C@H](NC(=O)c1ccco1)C(=O)OP(=O)(O)[C@@H](N)Cc1c[nH]c2ccccc12. The fourth-order valence-corrected chi connectivity index (χ4v) is 4.17. The highest BCUT2D eigenvalue weighted by atomic mass is 31.2. The summed E-state index contributed by atoms with van der Waals surface area (Å²) in [6.07, 6.45) is 3.27. The minimum Gasteiger partial charge on any atom is -0.459 e. The van der Waals surface area contributed by atoms with E-state index in [1.807, 2.05) is 38.1 Å². The van der Waals surface area contributed by atoms with E-state index in [9.17, 15) is 19.0 Å². The van der Waals surface area contributed by atoms with E-state index in [-0.39, 0.29) is 24.5 Å². The van der Waals surface area contributed by atoms with E-state index in [0.717, 1.165) is 16.5 Å². The first-order chi connectivity index (χ1) is 14.7. The summed E-state index contributed by atoms with van der Waals surface area (Å²) in [4.78, 5) is 38.4. The lowest BCUT2D eigenvalue weighted by Crippen LogP contribution is -2.43. The quantitative estimate of drug-likeness (QED) is 0.368. The summed E-state index contributed by atoms with van der Waals surface area (Å²) in [6.45, 7) is 3.70. The molecule has 166 valence electrons. The van der Waals surface area contributed by atoms with E-state index in [0.29, 0.717) is 0 Å². The van der Waals surface area contributed by atoms with E-state index in [2.05, 4.69) is 10.3 Å². The summed E-state index contributed by atoms with van der Waals surface area (Å²) in [5, 5.41) is 3.36. The summed E-state index contributed by atoms with van der Waals surface area (Å²) >= 11 is 0. The molecule has 10 heteroatoms. The van der Waals surface area contributed by atoms with Gasteiger partial charge in [-0.2, -0.15) is 0 Å². The van der Waals surface area contributed by atoms with Gasteiger partial charge >= 0.3 is 13.6 Å². The Morgan fingerprint density at radius 3 is 2.68 bits per heavy atom. The Bertz CT molecular complexity index is 1090. The number of rotatable bonds is 9. The molecule has 31 heavy (non-hydrogen) atoms. The number of carbonyl (C=O) groups is 2. The topological polar surface area (TPSA) is 148 Å². The summed E-state index contributed by atoms with van der Waals surface area (Å²) < 4.78 is 22.7. The molecule has 5 N–H and O–H groups in total. The van der Waals surface area contributed by atoms with E-state index >= 15 is 0 Å². The van der Waals surface area contributed by atoms with Crippen LogP contribution < -0.4 is 11.1 Å². The molecule has 0 aliphatic rings. The summed E-state index contributed by atoms with van der Waals surface area (Å²) in [7, 11) is -4.52. The molecule has 0 bridgehead atoms. The Balaban J connectivity index is 1.69. The number of amides is 1. The predicted octanol–water partition coefficient (Wildman–Crippen LogP) is 3.16. The highest BCUT2D eigenvalue weighted by Gasteiger charge is 2.36. The lowest BCUT2D eigenvalue weighted by Gasteiger charge is -2.23. The Kier molecular flexibility index (Phi) is 7.00. The van der Waals surface area contributed by atoms with Crippen LogP contribution in [0.15, 0.2) is 53.3 Å². The minimum atomic E-state index is -4.52. The third-order valence-corrected chi connectivity index (χ3v) is 6.25. The lowest BCUT2D eigenvalue weighted by molar-refractivity contribution is -0.137. The zero-order valence-electron chi connectivity index (χ0n) is 17.3. The van der Waals surface area contributed by atoms with Crippen LogP contribution in [0.1, 0.15) is 36.4 Å². The van der Waals surface area contributed by atoms with Crippen molar-refractivity contribution in [2.75, 3.05) is 0 Å². The van der Waals surface area contributed by atoms with Crippen molar-refractivity contribution in [3.8, 4) is 0 Å². The average molecular weight is 447 g/mol. The zero-order valence-corrected chi connectivity index (χ0v) is 18.2. The van der Waals surface area contributed by atoms with Crippen molar-refractivity contribution >= 4 is 30.4 Å². The molecule has 0 spiro atoms. The average Bonchev–Trinajstić information content (AvgIpc) is 3.37. The number of nitrogens with two attached hydrogens (primary N) is 1. The number of para-hydroxylation sites is 1. The van der Waals surface area contributed by atoms with E-state index in [4.69, 9.17) is 14.7 Å². The smallest absolute Gasteiger partial charge is 0.395 e. The minimum absolute atomic E-state index is 0.00687. The van der Waals surface area contributed by atoms with Crippen molar-refractivity contribution in [2.24, 2.45) is 11.7 Å². The lowest BCUT2D eigenvalue weighted by atomic mass is 10.0.